The summed E-state index contributed by atoms with van der Waals surface area (Å²) in [7, 11) is 0. The van der Waals surface area contributed by atoms with E-state index in [1.54, 1.807) is 6.92 Å². The van der Waals surface area contributed by atoms with Crippen molar-refractivity contribution in [1.29, 1.82) is 0 Å². The molecule has 1 rings (SSSR count). The summed E-state index contributed by atoms with van der Waals surface area (Å²) >= 11 is 1.25. The minimum atomic E-state index is -1.23. The molecule has 22 nitrogen and oxygen atoms in total. The van der Waals surface area contributed by atoms with Crippen molar-refractivity contribution in [2.75, 3.05) is 90.6 Å². The highest BCUT2D eigenvalue weighted by molar-refractivity contribution is 7.99. The molecular weight excluding hydrogens is 1050 g/mol. The molecule has 0 aromatic heterocycles. The van der Waals surface area contributed by atoms with Crippen LogP contribution >= 0.6 is 11.8 Å². The third-order valence-electron chi connectivity index (χ3n) is 13.8. The van der Waals surface area contributed by atoms with Crippen molar-refractivity contribution in [3.05, 3.63) is 0 Å². The summed E-state index contributed by atoms with van der Waals surface area (Å²) in [5.74, 6) is -5.62. The SMILES string of the molecule is CC[C@@H](CSCC(=O)NCCNC(=O)COCCOCCCC(=O)COCCOCCNC(=O)CC[C@H](NC(=O)C1CCC(CCC(=O)CCCCCCCCCCCCCCC(=O)O)CC1)C(=O)O)C(=O)C[C@@H](CO)C(=O)O. The molecule has 0 heterocycles. The Morgan fingerprint density at radius 1 is 0.532 bits per heavy atom. The number of carboxylic acids is 3. The van der Waals surface area contributed by atoms with Gasteiger partial charge < -0.3 is 60.6 Å². The molecule has 3 atom stereocenters. The second kappa shape index (κ2) is 48.2. The number of amides is 4. The van der Waals surface area contributed by atoms with Gasteiger partial charge >= 0.3 is 17.9 Å². The van der Waals surface area contributed by atoms with Crippen LogP contribution in [0.1, 0.15) is 174 Å². The topological polar surface area (TPSA) is 337 Å². The molecule has 0 aromatic rings. The number of carbonyl (C=O) groups excluding carboxylic acids is 7. The molecule has 454 valence electrons. The van der Waals surface area contributed by atoms with Gasteiger partial charge in [-0.3, -0.25) is 43.2 Å². The van der Waals surface area contributed by atoms with Gasteiger partial charge in [-0.1, -0.05) is 71.1 Å². The van der Waals surface area contributed by atoms with Gasteiger partial charge in [-0.05, 0) is 70.1 Å². The molecule has 0 bridgehead atoms. The largest absolute Gasteiger partial charge is 0.481 e. The number of nitrogens with one attached hydrogen (secondary N) is 4. The predicted octanol–water partition coefficient (Wildman–Crippen LogP) is 5.21. The van der Waals surface area contributed by atoms with Gasteiger partial charge in [-0.25, -0.2) is 4.79 Å². The predicted molar refractivity (Wildman–Crippen MR) is 296 cm³/mol. The molecule has 0 saturated heterocycles. The van der Waals surface area contributed by atoms with Gasteiger partial charge in [0.05, 0.1) is 51.3 Å². The van der Waals surface area contributed by atoms with Crippen LogP contribution in [-0.2, 0) is 66.9 Å². The molecule has 0 radical (unpaired) electrons. The Morgan fingerprint density at radius 2 is 1.08 bits per heavy atom. The average molecular weight is 1150 g/mol. The van der Waals surface area contributed by atoms with Crippen LogP contribution in [0.25, 0.3) is 0 Å². The fraction of sp³-hybridized carbons (Fsp3) is 0.821. The Morgan fingerprint density at radius 3 is 1.66 bits per heavy atom. The summed E-state index contributed by atoms with van der Waals surface area (Å²) in [6.45, 7) is 2.67. The van der Waals surface area contributed by atoms with Crippen LogP contribution in [-0.4, -0.2) is 176 Å². The van der Waals surface area contributed by atoms with Crippen LogP contribution in [0.5, 0.6) is 0 Å². The molecule has 8 N–H and O–H groups in total. The molecule has 1 aliphatic rings. The highest BCUT2D eigenvalue weighted by Gasteiger charge is 2.30. The number of aliphatic hydroxyl groups is 1. The Balaban J connectivity index is 1.99. The summed E-state index contributed by atoms with van der Waals surface area (Å²) in [5, 5.41) is 47.2. The molecule has 79 heavy (non-hydrogen) atoms. The Kier molecular flexibility index (Phi) is 44.2. The summed E-state index contributed by atoms with van der Waals surface area (Å²) in [4.78, 5) is 120. The van der Waals surface area contributed by atoms with E-state index in [0.29, 0.717) is 62.6 Å². The van der Waals surface area contributed by atoms with Crippen molar-refractivity contribution in [2.24, 2.45) is 23.7 Å². The van der Waals surface area contributed by atoms with Crippen molar-refractivity contribution in [2.45, 2.75) is 180 Å². The lowest BCUT2D eigenvalue weighted by molar-refractivity contribution is -0.145. The summed E-state index contributed by atoms with van der Waals surface area (Å²) in [6, 6.07) is -1.19. The number of thioether (sulfide) groups is 1. The van der Waals surface area contributed by atoms with Crippen LogP contribution in [0, 0.1) is 23.7 Å². The normalized spacial score (nSPS) is 15.3. The molecular formula is C56H96N4O18S. The maximum atomic E-state index is 13.0. The van der Waals surface area contributed by atoms with Gasteiger partial charge in [0, 0.05) is 82.4 Å². The molecule has 0 aliphatic heterocycles. The van der Waals surface area contributed by atoms with E-state index in [1.165, 1.54) is 50.3 Å². The third-order valence-corrected chi connectivity index (χ3v) is 14.9. The molecule has 1 saturated carbocycles. The molecule has 1 fully saturated rings. The van der Waals surface area contributed by atoms with Crippen LogP contribution < -0.4 is 21.3 Å². The van der Waals surface area contributed by atoms with Crippen LogP contribution in [0.2, 0.25) is 0 Å². The number of rotatable bonds is 54. The lowest BCUT2D eigenvalue weighted by atomic mass is 9.79. The Bertz CT molecular complexity index is 1770. The smallest absolute Gasteiger partial charge is 0.326 e. The number of unbranched alkanes of at least 4 members (excludes halogenated alkanes) is 11. The number of hydrogen-bond acceptors (Lipinski definition) is 16. The van der Waals surface area contributed by atoms with E-state index in [0.717, 1.165) is 57.8 Å². The molecule has 4 amide bonds. The quantitative estimate of drug-likeness (QED) is 0.0362. The second-order valence-corrected chi connectivity index (χ2v) is 21.4. The van der Waals surface area contributed by atoms with Crippen LogP contribution in [0.4, 0.5) is 0 Å². The van der Waals surface area contributed by atoms with E-state index in [-0.39, 0.29) is 145 Å². The van der Waals surface area contributed by atoms with Crippen molar-refractivity contribution >= 4 is 70.6 Å². The van der Waals surface area contributed by atoms with Gasteiger partial charge in [-0.15, -0.1) is 0 Å². The Hall–Kier alpha value is -4.55. The first-order chi connectivity index (χ1) is 38.1. The number of Topliss-reactive ketones (excluding diaryl/α,β-unsaturated/α-hetero) is 3. The highest BCUT2D eigenvalue weighted by atomic mass is 32.2. The van der Waals surface area contributed by atoms with Gasteiger partial charge in [0.1, 0.15) is 30.8 Å². The second-order valence-electron chi connectivity index (χ2n) is 20.4. The van der Waals surface area contributed by atoms with E-state index >= 15 is 0 Å². The monoisotopic (exact) mass is 1140 g/mol. The fourth-order valence-corrected chi connectivity index (χ4v) is 9.97. The minimum Gasteiger partial charge on any atom is -0.481 e. The van der Waals surface area contributed by atoms with E-state index in [9.17, 15) is 53.1 Å². The molecule has 0 unspecified atom stereocenters. The number of carbonyl (C=O) groups is 10. The number of ketones is 3. The van der Waals surface area contributed by atoms with Gasteiger partial charge in [0.15, 0.2) is 5.78 Å². The lowest BCUT2D eigenvalue weighted by Gasteiger charge is -2.28. The van der Waals surface area contributed by atoms with Gasteiger partial charge in [-0.2, -0.15) is 11.8 Å². The zero-order chi connectivity index (χ0) is 58.3. The van der Waals surface area contributed by atoms with E-state index in [4.69, 9.17) is 34.3 Å². The Labute approximate surface area is 471 Å². The maximum Gasteiger partial charge on any atom is 0.326 e. The third kappa shape index (κ3) is 41.2. The number of aliphatic carboxylic acids is 3. The summed E-state index contributed by atoms with van der Waals surface area (Å²) in [5.41, 5.74) is 0. The van der Waals surface area contributed by atoms with Crippen LogP contribution in [0.15, 0.2) is 0 Å². The number of carboxylic acid groups (broad SMARTS) is 3. The van der Waals surface area contributed by atoms with Crippen LogP contribution in [0.3, 0.4) is 0 Å². The summed E-state index contributed by atoms with van der Waals surface area (Å²) < 4.78 is 21.5. The zero-order valence-corrected chi connectivity index (χ0v) is 47.9. The van der Waals surface area contributed by atoms with E-state index in [1.807, 2.05) is 0 Å². The average Bonchev–Trinajstić information content (AvgIpc) is 3.42. The summed E-state index contributed by atoms with van der Waals surface area (Å²) in [6.07, 6.45) is 19.2. The number of aliphatic hydroxyl groups excluding tert-OH is 1. The maximum absolute atomic E-state index is 13.0. The standard InChI is InChI=1S/C56H96N4O18S/c1-2-43(49(64)36-45(37-61)55(71)72)40-79-41-52(67)58-28-27-57-51(66)39-78-35-32-75-30-15-17-47(63)38-77-34-33-76-31-29-59-50(65)26-25-48(56(73)74)60-54(70)44-22-19-42(20-23-44)21-24-46(62)16-13-11-9-7-5-3-4-6-8-10-12-14-18-53(68)69/h42-45,48,61H,2-41H2,1H3,(H,57,66)(H,58,67)(H,59,65)(H,60,70)(H,68,69)(H,71,72)(H,73,74)/t42?,43-,44?,45-,48-/m0/s1. The zero-order valence-electron chi connectivity index (χ0n) is 47.1. The number of ether oxygens (including phenoxy) is 4. The molecule has 0 spiro atoms. The minimum absolute atomic E-state index is 0.0616. The first-order valence-electron chi connectivity index (χ1n) is 28.9. The number of hydrogen-bond donors (Lipinski definition) is 8. The lowest BCUT2D eigenvalue weighted by Crippen LogP contribution is -2.45. The van der Waals surface area contributed by atoms with Crippen molar-refractivity contribution in [1.82, 2.24) is 21.3 Å². The van der Waals surface area contributed by atoms with E-state index in [2.05, 4.69) is 21.3 Å². The van der Waals surface area contributed by atoms with Gasteiger partial charge in [0.25, 0.3) is 0 Å². The first-order valence-corrected chi connectivity index (χ1v) is 30.0. The van der Waals surface area contributed by atoms with Crippen molar-refractivity contribution in [3.8, 4) is 0 Å². The van der Waals surface area contributed by atoms with Crippen molar-refractivity contribution in [3.63, 3.8) is 0 Å². The molecule has 1 aliphatic carbocycles. The fourth-order valence-electron chi connectivity index (χ4n) is 8.85. The first kappa shape index (κ1) is 72.5. The molecule has 23 heteroatoms. The highest BCUT2D eigenvalue weighted by Crippen LogP contribution is 2.32. The van der Waals surface area contributed by atoms with E-state index < -0.39 is 42.4 Å². The van der Waals surface area contributed by atoms with Gasteiger partial charge in [0.2, 0.25) is 23.6 Å². The van der Waals surface area contributed by atoms with Crippen molar-refractivity contribution < 1.29 is 87.3 Å². The molecule has 0 aromatic carbocycles.